The normalized spacial score (nSPS) is 23.9. The number of fused-ring (bicyclic) bond motifs is 1. The van der Waals surface area contributed by atoms with Crippen LogP contribution < -0.4 is 0 Å². The van der Waals surface area contributed by atoms with Gasteiger partial charge in [-0.05, 0) is 26.3 Å². The van der Waals surface area contributed by atoms with Crippen molar-refractivity contribution in [3.8, 4) is 0 Å². The smallest absolute Gasteiger partial charge is 0.153 e. The number of ether oxygens (including phenoxy) is 1. The van der Waals surface area contributed by atoms with E-state index in [1.807, 2.05) is 11.5 Å². The molecule has 0 aliphatic carbocycles. The van der Waals surface area contributed by atoms with Crippen molar-refractivity contribution in [1.82, 2.24) is 9.55 Å². The lowest BCUT2D eigenvalue weighted by Gasteiger charge is -2.18. The third-order valence-corrected chi connectivity index (χ3v) is 4.30. The van der Waals surface area contributed by atoms with Gasteiger partial charge in [-0.25, -0.2) is 13.8 Å². The highest BCUT2D eigenvalue weighted by molar-refractivity contribution is 6.20. The number of hydrogen-bond acceptors (Lipinski definition) is 2. The third kappa shape index (κ3) is 2.64. The number of benzene rings is 1. The molecule has 1 saturated heterocycles. The lowest BCUT2D eigenvalue weighted by molar-refractivity contribution is 0.102. The van der Waals surface area contributed by atoms with Crippen molar-refractivity contribution < 1.29 is 13.5 Å². The van der Waals surface area contributed by atoms with Gasteiger partial charge >= 0.3 is 0 Å². The quantitative estimate of drug-likeness (QED) is 0.800. The fourth-order valence-electron chi connectivity index (χ4n) is 2.91. The number of hydrogen-bond donors (Lipinski definition) is 0. The van der Waals surface area contributed by atoms with Crippen LogP contribution in [-0.4, -0.2) is 22.3 Å². The minimum atomic E-state index is -0.655. The van der Waals surface area contributed by atoms with E-state index in [9.17, 15) is 8.78 Å². The maximum absolute atomic E-state index is 13.9. The van der Waals surface area contributed by atoms with Gasteiger partial charge in [0.1, 0.15) is 17.2 Å². The van der Waals surface area contributed by atoms with E-state index in [2.05, 4.69) is 4.98 Å². The fourth-order valence-corrected chi connectivity index (χ4v) is 3.08. The number of alkyl halides is 1. The minimum Gasteiger partial charge on any atom is -0.378 e. The van der Waals surface area contributed by atoms with Crippen LogP contribution in [0.2, 0.25) is 0 Å². The summed E-state index contributed by atoms with van der Waals surface area (Å²) in [6.45, 7) is 5.11. The molecule has 2 heterocycles. The average Bonchev–Trinajstić information content (AvgIpc) is 2.96. The molecule has 3 rings (SSSR count). The molecule has 0 saturated carbocycles. The van der Waals surface area contributed by atoms with E-state index in [1.54, 1.807) is 6.92 Å². The van der Waals surface area contributed by atoms with Crippen molar-refractivity contribution in [3.63, 3.8) is 0 Å². The van der Waals surface area contributed by atoms with Gasteiger partial charge in [-0.1, -0.05) is 0 Å². The predicted octanol–water partition coefficient (Wildman–Crippen LogP) is 4.04. The molecular weight excluding hydrogens is 298 g/mol. The zero-order chi connectivity index (χ0) is 15.1. The second kappa shape index (κ2) is 5.54. The van der Waals surface area contributed by atoms with E-state index in [-0.39, 0.29) is 17.0 Å². The Labute approximate surface area is 126 Å². The Morgan fingerprint density at radius 2 is 2.24 bits per heavy atom. The molecule has 114 valence electrons. The molecule has 0 spiro atoms. The van der Waals surface area contributed by atoms with E-state index >= 15 is 0 Å². The maximum Gasteiger partial charge on any atom is 0.153 e. The molecule has 3 atom stereocenters. The number of imidazole rings is 1. The SMILES string of the molecule is CC(Cl)c1nc2c(F)cc(F)cc2n1CC1CCOC1C. The summed E-state index contributed by atoms with van der Waals surface area (Å²) >= 11 is 6.16. The van der Waals surface area contributed by atoms with Gasteiger partial charge in [-0.3, -0.25) is 0 Å². The van der Waals surface area contributed by atoms with Crippen molar-refractivity contribution in [3.05, 3.63) is 29.6 Å². The van der Waals surface area contributed by atoms with E-state index in [0.29, 0.717) is 30.4 Å². The molecule has 2 aromatic rings. The molecule has 1 aliphatic rings. The third-order valence-electron chi connectivity index (χ3n) is 4.11. The Morgan fingerprint density at radius 3 is 2.86 bits per heavy atom. The Kier molecular flexibility index (Phi) is 3.88. The van der Waals surface area contributed by atoms with Gasteiger partial charge in [0, 0.05) is 25.1 Å². The lowest BCUT2D eigenvalue weighted by Crippen LogP contribution is -2.19. The van der Waals surface area contributed by atoms with Crippen molar-refractivity contribution >= 4 is 22.6 Å². The molecule has 1 aromatic carbocycles. The molecule has 0 radical (unpaired) electrons. The molecule has 6 heteroatoms. The van der Waals surface area contributed by atoms with Crippen LogP contribution in [0.3, 0.4) is 0 Å². The largest absolute Gasteiger partial charge is 0.378 e. The van der Waals surface area contributed by atoms with Gasteiger partial charge in [-0.15, -0.1) is 11.6 Å². The molecule has 21 heavy (non-hydrogen) atoms. The predicted molar refractivity (Wildman–Crippen MR) is 77.4 cm³/mol. The highest BCUT2D eigenvalue weighted by Crippen LogP contribution is 2.30. The van der Waals surface area contributed by atoms with Crippen molar-refractivity contribution in [2.45, 2.75) is 38.3 Å². The molecular formula is C15H17ClF2N2O. The highest BCUT2D eigenvalue weighted by atomic mass is 35.5. The maximum atomic E-state index is 13.9. The van der Waals surface area contributed by atoms with Gasteiger partial charge in [0.2, 0.25) is 0 Å². The van der Waals surface area contributed by atoms with Gasteiger partial charge in [0.25, 0.3) is 0 Å². The molecule has 1 aliphatic heterocycles. The highest BCUT2D eigenvalue weighted by Gasteiger charge is 2.27. The van der Waals surface area contributed by atoms with E-state index in [0.717, 1.165) is 12.5 Å². The summed E-state index contributed by atoms with van der Waals surface area (Å²) in [7, 11) is 0. The first-order chi connectivity index (χ1) is 9.97. The second-order valence-electron chi connectivity index (χ2n) is 5.58. The number of rotatable bonds is 3. The first-order valence-corrected chi connectivity index (χ1v) is 7.52. The van der Waals surface area contributed by atoms with Crippen LogP contribution in [-0.2, 0) is 11.3 Å². The Morgan fingerprint density at radius 1 is 1.48 bits per heavy atom. The molecule has 3 unspecified atom stereocenters. The van der Waals surface area contributed by atoms with Gasteiger partial charge in [0.15, 0.2) is 5.82 Å². The standard InChI is InChI=1S/C15H17ClF2N2O/c1-8(16)15-19-14-12(18)5-11(17)6-13(14)20(15)7-10-3-4-21-9(10)2/h5-6,8-10H,3-4,7H2,1-2H3. The molecule has 0 N–H and O–H groups in total. The summed E-state index contributed by atoms with van der Waals surface area (Å²) in [5.74, 6) is -0.401. The van der Waals surface area contributed by atoms with Crippen molar-refractivity contribution in [2.75, 3.05) is 6.61 Å². The summed E-state index contributed by atoms with van der Waals surface area (Å²) in [4.78, 5) is 4.27. The van der Waals surface area contributed by atoms with Crippen LogP contribution in [0.1, 0.15) is 31.5 Å². The molecule has 0 amide bonds. The summed E-state index contributed by atoms with van der Waals surface area (Å²) in [5.41, 5.74) is 0.625. The lowest BCUT2D eigenvalue weighted by atomic mass is 10.0. The average molecular weight is 315 g/mol. The minimum absolute atomic E-state index is 0.124. The van der Waals surface area contributed by atoms with Gasteiger partial charge in [-0.2, -0.15) is 0 Å². The fraction of sp³-hybridized carbons (Fsp3) is 0.533. The second-order valence-corrected chi connectivity index (χ2v) is 6.23. The summed E-state index contributed by atoms with van der Waals surface area (Å²) < 4.78 is 34.8. The Hall–Kier alpha value is -1.20. The van der Waals surface area contributed by atoms with E-state index in [4.69, 9.17) is 16.3 Å². The first-order valence-electron chi connectivity index (χ1n) is 7.08. The number of aromatic nitrogens is 2. The summed E-state index contributed by atoms with van der Waals surface area (Å²) in [5, 5.41) is -0.377. The molecule has 0 bridgehead atoms. The van der Waals surface area contributed by atoms with Crippen LogP contribution in [0.4, 0.5) is 8.78 Å². The van der Waals surface area contributed by atoms with Crippen LogP contribution in [0.5, 0.6) is 0 Å². The molecule has 1 fully saturated rings. The zero-order valence-corrected chi connectivity index (χ0v) is 12.7. The van der Waals surface area contributed by atoms with Crippen molar-refractivity contribution in [2.24, 2.45) is 5.92 Å². The van der Waals surface area contributed by atoms with Gasteiger partial charge < -0.3 is 9.30 Å². The first kappa shape index (κ1) is 14.7. The number of nitrogens with zero attached hydrogens (tertiary/aromatic N) is 2. The van der Waals surface area contributed by atoms with Crippen LogP contribution in [0.25, 0.3) is 11.0 Å². The Bertz CT molecular complexity index is 671. The monoisotopic (exact) mass is 314 g/mol. The topological polar surface area (TPSA) is 27.1 Å². The number of halogens is 3. The van der Waals surface area contributed by atoms with E-state index in [1.165, 1.54) is 6.07 Å². The Balaban J connectivity index is 2.11. The van der Waals surface area contributed by atoms with Crippen LogP contribution in [0.15, 0.2) is 12.1 Å². The van der Waals surface area contributed by atoms with Crippen LogP contribution in [0, 0.1) is 17.6 Å². The van der Waals surface area contributed by atoms with Gasteiger partial charge in [0.05, 0.1) is 17.0 Å². The zero-order valence-electron chi connectivity index (χ0n) is 11.9. The molecule has 1 aromatic heterocycles. The van der Waals surface area contributed by atoms with Crippen LogP contribution >= 0.6 is 11.6 Å². The summed E-state index contributed by atoms with van der Waals surface area (Å²) in [6.07, 6.45) is 1.05. The summed E-state index contributed by atoms with van der Waals surface area (Å²) in [6, 6.07) is 2.16. The molecule has 3 nitrogen and oxygen atoms in total. The van der Waals surface area contributed by atoms with Crippen molar-refractivity contribution in [1.29, 1.82) is 0 Å². The van der Waals surface area contributed by atoms with E-state index < -0.39 is 11.6 Å².